The molecule has 0 amide bonds. The summed E-state index contributed by atoms with van der Waals surface area (Å²) in [5.41, 5.74) is 5.59. The Bertz CT molecular complexity index is 483. The van der Waals surface area contributed by atoms with Crippen molar-refractivity contribution in [3.8, 4) is 0 Å². The number of thiocarbonyl (C=S) groups is 1. The molecule has 0 unspecified atom stereocenters. The van der Waals surface area contributed by atoms with Crippen molar-refractivity contribution in [3.05, 3.63) is 35.9 Å². The highest BCUT2D eigenvalue weighted by Gasteiger charge is 2.35. The highest BCUT2D eigenvalue weighted by atomic mass is 32.1. The molecule has 0 aromatic heterocycles. The number of benzene rings is 1. The van der Waals surface area contributed by atoms with Gasteiger partial charge in [-0.25, -0.2) is 4.79 Å². The van der Waals surface area contributed by atoms with E-state index < -0.39 is 37.0 Å². The van der Waals surface area contributed by atoms with Gasteiger partial charge in [0.2, 0.25) is 0 Å². The van der Waals surface area contributed by atoms with Crippen molar-refractivity contribution in [2.75, 3.05) is 6.61 Å². The standard InChI is InChI=1S/C13H17NO6S/c14-12(21)11(10(18)9(17)8(16)6-15)20-13(19)7-4-2-1-3-5-7/h1-5,8-11,15-18H,6H2,(H2,14,21)/t8-,9-,10-,11-/m1/s1. The lowest BCUT2D eigenvalue weighted by molar-refractivity contribution is -0.103. The average Bonchev–Trinajstić information content (AvgIpc) is 2.50. The number of carbonyl (C=O) groups excluding carboxylic acids is 1. The first kappa shape index (κ1) is 17.5. The second-order valence-electron chi connectivity index (χ2n) is 4.33. The highest BCUT2D eigenvalue weighted by Crippen LogP contribution is 2.12. The zero-order chi connectivity index (χ0) is 16.0. The van der Waals surface area contributed by atoms with Crippen molar-refractivity contribution in [1.82, 2.24) is 0 Å². The second kappa shape index (κ2) is 8.01. The molecular formula is C13H17NO6S. The smallest absolute Gasteiger partial charge is 0.338 e. The predicted molar refractivity (Wildman–Crippen MR) is 77.5 cm³/mol. The number of nitrogens with two attached hydrogens (primary N) is 1. The lowest BCUT2D eigenvalue weighted by atomic mass is 10.0. The summed E-state index contributed by atoms with van der Waals surface area (Å²) in [6, 6.07) is 7.92. The fourth-order valence-electron chi connectivity index (χ4n) is 1.57. The number of carbonyl (C=O) groups is 1. The van der Waals surface area contributed by atoms with E-state index in [0.29, 0.717) is 0 Å². The third kappa shape index (κ3) is 4.73. The Morgan fingerprint density at radius 3 is 2.24 bits per heavy atom. The number of esters is 1. The van der Waals surface area contributed by atoms with Crippen LogP contribution in [-0.4, -0.2) is 62.4 Å². The molecule has 0 spiro atoms. The van der Waals surface area contributed by atoms with Gasteiger partial charge >= 0.3 is 5.97 Å². The van der Waals surface area contributed by atoms with Crippen LogP contribution in [0.2, 0.25) is 0 Å². The van der Waals surface area contributed by atoms with E-state index in [1.807, 2.05) is 0 Å². The van der Waals surface area contributed by atoms with Gasteiger partial charge in [0.05, 0.1) is 12.2 Å². The molecule has 7 nitrogen and oxygen atoms in total. The monoisotopic (exact) mass is 315 g/mol. The first-order valence-electron chi connectivity index (χ1n) is 6.09. The van der Waals surface area contributed by atoms with Crippen molar-refractivity contribution in [2.45, 2.75) is 24.4 Å². The first-order chi connectivity index (χ1) is 9.88. The largest absolute Gasteiger partial charge is 0.449 e. The SMILES string of the molecule is NC(=S)[C@H](OC(=O)c1ccccc1)[C@H](O)[C@H](O)[C@H](O)CO. The average molecular weight is 315 g/mol. The molecule has 6 N–H and O–H groups in total. The number of aliphatic hydroxyl groups is 4. The van der Waals surface area contributed by atoms with E-state index in [4.69, 9.17) is 15.6 Å². The van der Waals surface area contributed by atoms with Gasteiger partial charge in [-0.2, -0.15) is 0 Å². The normalized spacial score (nSPS) is 16.6. The topological polar surface area (TPSA) is 133 Å². The van der Waals surface area contributed by atoms with E-state index in [1.54, 1.807) is 18.2 Å². The molecule has 0 aliphatic carbocycles. The molecule has 8 heteroatoms. The molecule has 1 rings (SSSR count). The van der Waals surface area contributed by atoms with Crippen LogP contribution < -0.4 is 5.73 Å². The van der Waals surface area contributed by atoms with E-state index in [-0.39, 0.29) is 10.6 Å². The molecule has 0 radical (unpaired) electrons. The molecule has 0 aliphatic heterocycles. The zero-order valence-corrected chi connectivity index (χ0v) is 11.8. The Hall–Kier alpha value is -1.58. The molecule has 4 atom stereocenters. The molecule has 0 bridgehead atoms. The van der Waals surface area contributed by atoms with Gasteiger partial charge in [-0.05, 0) is 12.1 Å². The first-order valence-corrected chi connectivity index (χ1v) is 6.49. The van der Waals surface area contributed by atoms with Crippen molar-refractivity contribution >= 4 is 23.2 Å². The van der Waals surface area contributed by atoms with Crippen molar-refractivity contribution < 1.29 is 30.0 Å². The fraction of sp³-hybridized carbons (Fsp3) is 0.385. The molecule has 1 aromatic carbocycles. The van der Waals surface area contributed by atoms with Crippen LogP contribution in [0, 0.1) is 0 Å². The number of hydrogen-bond acceptors (Lipinski definition) is 7. The van der Waals surface area contributed by atoms with Crippen molar-refractivity contribution in [1.29, 1.82) is 0 Å². The van der Waals surface area contributed by atoms with E-state index in [9.17, 15) is 20.1 Å². The predicted octanol–water partition coefficient (Wildman–Crippen LogP) is -1.43. The molecule has 21 heavy (non-hydrogen) atoms. The number of ether oxygens (including phenoxy) is 1. The highest BCUT2D eigenvalue weighted by molar-refractivity contribution is 7.80. The zero-order valence-electron chi connectivity index (χ0n) is 11.0. The van der Waals surface area contributed by atoms with Crippen LogP contribution in [0.3, 0.4) is 0 Å². The maximum atomic E-state index is 11.9. The minimum atomic E-state index is -1.77. The lowest BCUT2D eigenvalue weighted by Gasteiger charge is -2.27. The van der Waals surface area contributed by atoms with Crippen LogP contribution in [0.25, 0.3) is 0 Å². The summed E-state index contributed by atoms with van der Waals surface area (Å²) in [6.45, 7) is -0.783. The Kier molecular flexibility index (Phi) is 6.66. The lowest BCUT2D eigenvalue weighted by Crippen LogP contribution is -2.51. The van der Waals surface area contributed by atoms with E-state index >= 15 is 0 Å². The third-order valence-electron chi connectivity index (χ3n) is 2.77. The number of rotatable bonds is 7. The molecular weight excluding hydrogens is 298 g/mol. The number of hydrogen-bond donors (Lipinski definition) is 5. The van der Waals surface area contributed by atoms with E-state index in [2.05, 4.69) is 12.2 Å². The molecule has 0 saturated heterocycles. The quantitative estimate of drug-likeness (QED) is 0.306. The van der Waals surface area contributed by atoms with Crippen LogP contribution >= 0.6 is 12.2 Å². The molecule has 1 aromatic rings. The van der Waals surface area contributed by atoms with Gasteiger partial charge in [0.15, 0.2) is 6.10 Å². The van der Waals surface area contributed by atoms with Crippen molar-refractivity contribution in [3.63, 3.8) is 0 Å². The van der Waals surface area contributed by atoms with Crippen LogP contribution in [0.15, 0.2) is 30.3 Å². The Morgan fingerprint density at radius 2 is 1.76 bits per heavy atom. The summed E-state index contributed by atoms with van der Waals surface area (Å²) >= 11 is 4.69. The van der Waals surface area contributed by atoms with Gasteiger partial charge in [-0.1, -0.05) is 30.4 Å². The molecule has 0 heterocycles. The van der Waals surface area contributed by atoms with Crippen molar-refractivity contribution in [2.24, 2.45) is 5.73 Å². The van der Waals surface area contributed by atoms with E-state index in [1.165, 1.54) is 12.1 Å². The summed E-state index contributed by atoms with van der Waals surface area (Å²) in [5, 5.41) is 37.5. The van der Waals surface area contributed by atoms with Gasteiger partial charge in [0, 0.05) is 0 Å². The van der Waals surface area contributed by atoms with E-state index in [0.717, 1.165) is 0 Å². The Balaban J connectivity index is 2.83. The Labute approximate surface area is 126 Å². The minimum Gasteiger partial charge on any atom is -0.449 e. The molecule has 0 aliphatic rings. The maximum absolute atomic E-state index is 11.9. The van der Waals surface area contributed by atoms with Crippen LogP contribution in [0.4, 0.5) is 0 Å². The third-order valence-corrected chi connectivity index (χ3v) is 3.00. The molecule has 0 fully saturated rings. The van der Waals surface area contributed by atoms with Crippen LogP contribution in [0.5, 0.6) is 0 Å². The fourth-order valence-corrected chi connectivity index (χ4v) is 1.76. The summed E-state index contributed by atoms with van der Waals surface area (Å²) in [5.74, 6) is -0.793. The van der Waals surface area contributed by atoms with Crippen LogP contribution in [-0.2, 0) is 4.74 Å². The van der Waals surface area contributed by atoms with Gasteiger partial charge in [-0.3, -0.25) is 0 Å². The summed E-state index contributed by atoms with van der Waals surface area (Å²) in [4.78, 5) is 11.5. The summed E-state index contributed by atoms with van der Waals surface area (Å²) < 4.78 is 4.97. The number of aliphatic hydroxyl groups excluding tert-OH is 4. The Morgan fingerprint density at radius 1 is 1.19 bits per heavy atom. The molecule has 0 saturated carbocycles. The second-order valence-corrected chi connectivity index (χ2v) is 4.80. The maximum Gasteiger partial charge on any atom is 0.338 e. The van der Waals surface area contributed by atoms with Crippen LogP contribution in [0.1, 0.15) is 10.4 Å². The van der Waals surface area contributed by atoms with Gasteiger partial charge < -0.3 is 30.9 Å². The minimum absolute atomic E-state index is 0.211. The molecule has 116 valence electrons. The summed E-state index contributed by atoms with van der Waals surface area (Å²) in [6.07, 6.45) is -6.65. The summed E-state index contributed by atoms with van der Waals surface area (Å²) in [7, 11) is 0. The van der Waals surface area contributed by atoms with Gasteiger partial charge in [-0.15, -0.1) is 0 Å². The van der Waals surface area contributed by atoms with Gasteiger partial charge in [0.25, 0.3) is 0 Å². The van der Waals surface area contributed by atoms with Gasteiger partial charge in [0.1, 0.15) is 23.3 Å².